The molecule has 86 valence electrons. The molecule has 0 fully saturated rings. The van der Waals surface area contributed by atoms with Gasteiger partial charge >= 0.3 is 6.92 Å². The first kappa shape index (κ1) is 11.8. The lowest BCUT2D eigenvalue weighted by Crippen LogP contribution is -2.42. The van der Waals surface area contributed by atoms with Crippen LogP contribution in [-0.2, 0) is 0 Å². The molecule has 0 amide bonds. The second-order valence-corrected chi connectivity index (χ2v) is 3.99. The van der Waals surface area contributed by atoms with Crippen molar-refractivity contribution in [1.29, 1.82) is 0 Å². The maximum atomic E-state index is 13.0. The quantitative estimate of drug-likeness (QED) is 0.775. The molecule has 1 N–H and O–H groups in total. The summed E-state index contributed by atoms with van der Waals surface area (Å²) < 4.78 is 25.8. The summed E-state index contributed by atoms with van der Waals surface area (Å²) in [5.74, 6) is -1.86. The molecule has 1 nitrogen and oxygen atoms in total. The van der Waals surface area contributed by atoms with Gasteiger partial charge in [-0.3, -0.25) is 0 Å². The summed E-state index contributed by atoms with van der Waals surface area (Å²) in [6.07, 6.45) is 0. The monoisotopic (exact) mass is 232 g/mol. The summed E-state index contributed by atoms with van der Waals surface area (Å²) in [5.41, 5.74) is 2.07. The van der Waals surface area contributed by atoms with Crippen molar-refractivity contribution in [2.45, 2.75) is 6.92 Å². The van der Waals surface area contributed by atoms with E-state index in [2.05, 4.69) is 0 Å². The highest BCUT2D eigenvalue weighted by Crippen LogP contribution is 2.02. The molecule has 0 aromatic heterocycles. The van der Waals surface area contributed by atoms with E-state index in [0.717, 1.165) is 17.7 Å². The zero-order valence-corrected chi connectivity index (χ0v) is 9.32. The summed E-state index contributed by atoms with van der Waals surface area (Å²) in [7, 11) is 0. The highest BCUT2D eigenvalue weighted by atomic mass is 19.2. The number of aryl methyl sites for hydroxylation is 1. The Kier molecular flexibility index (Phi) is 3.24. The van der Waals surface area contributed by atoms with Crippen LogP contribution in [0.4, 0.5) is 8.78 Å². The fourth-order valence-electron chi connectivity index (χ4n) is 1.62. The largest absolute Gasteiger partial charge is 0.443 e. The van der Waals surface area contributed by atoms with Gasteiger partial charge in [-0.25, -0.2) is 8.78 Å². The van der Waals surface area contributed by atoms with Crippen LogP contribution in [0.1, 0.15) is 5.56 Å². The first-order chi connectivity index (χ1) is 8.08. The Morgan fingerprint density at radius 3 is 2.06 bits per heavy atom. The minimum Gasteiger partial charge on any atom is -0.443 e. The van der Waals surface area contributed by atoms with Crippen molar-refractivity contribution in [3.05, 3.63) is 59.7 Å². The van der Waals surface area contributed by atoms with Gasteiger partial charge in [-0.2, -0.15) is 0 Å². The maximum Gasteiger partial charge on any atom is 0.359 e. The average molecular weight is 232 g/mol. The molecule has 0 aliphatic carbocycles. The zero-order valence-electron chi connectivity index (χ0n) is 9.32. The van der Waals surface area contributed by atoms with Crippen molar-refractivity contribution in [3.8, 4) is 0 Å². The summed E-state index contributed by atoms with van der Waals surface area (Å²) in [6, 6.07) is 10.7. The molecule has 0 heterocycles. The van der Waals surface area contributed by atoms with Gasteiger partial charge in [-0.15, -0.1) is 0 Å². The summed E-state index contributed by atoms with van der Waals surface area (Å²) in [5, 5.41) is 10.0. The minimum absolute atomic E-state index is 0.341. The second-order valence-electron chi connectivity index (χ2n) is 3.99. The topological polar surface area (TPSA) is 20.2 Å². The van der Waals surface area contributed by atoms with Crippen molar-refractivity contribution in [2.24, 2.45) is 0 Å². The molecule has 0 aliphatic rings. The van der Waals surface area contributed by atoms with E-state index in [1.165, 1.54) is 6.07 Å². The van der Waals surface area contributed by atoms with Crippen molar-refractivity contribution >= 4 is 17.8 Å². The Morgan fingerprint density at radius 2 is 1.47 bits per heavy atom. The van der Waals surface area contributed by atoms with E-state index >= 15 is 0 Å². The molecule has 4 heteroatoms. The van der Waals surface area contributed by atoms with Crippen LogP contribution >= 0.6 is 0 Å². The molecule has 0 saturated carbocycles. The summed E-state index contributed by atoms with van der Waals surface area (Å²) >= 11 is 0. The third-order valence-electron chi connectivity index (χ3n) is 2.65. The molecule has 0 bridgehead atoms. The third kappa shape index (κ3) is 2.53. The van der Waals surface area contributed by atoms with Crippen LogP contribution in [0, 0.1) is 18.6 Å². The predicted octanol–water partition coefficient (Wildman–Crippen LogP) is 1.37. The van der Waals surface area contributed by atoms with E-state index in [4.69, 9.17) is 0 Å². The Hall–Kier alpha value is -1.68. The van der Waals surface area contributed by atoms with Gasteiger partial charge in [0.2, 0.25) is 0 Å². The zero-order chi connectivity index (χ0) is 12.4. The Balaban J connectivity index is 2.33. The van der Waals surface area contributed by atoms with Crippen molar-refractivity contribution in [2.75, 3.05) is 0 Å². The normalized spacial score (nSPS) is 10.4. The standard InChI is InChI=1S/C13H11BF2O/c1-9-2-4-10(5-3-9)14(17)11-6-7-12(15)13(16)8-11/h2-8,17H,1H3. The first-order valence-corrected chi connectivity index (χ1v) is 5.27. The van der Waals surface area contributed by atoms with Crippen LogP contribution in [-0.4, -0.2) is 11.9 Å². The van der Waals surface area contributed by atoms with E-state index in [1.807, 2.05) is 19.1 Å². The number of hydrogen-bond donors (Lipinski definition) is 1. The third-order valence-corrected chi connectivity index (χ3v) is 2.65. The van der Waals surface area contributed by atoms with E-state index in [0.29, 0.717) is 10.9 Å². The molecular formula is C13H11BF2O. The molecule has 2 aromatic rings. The van der Waals surface area contributed by atoms with Crippen LogP contribution < -0.4 is 10.9 Å². The molecule has 0 saturated heterocycles. The molecule has 2 aromatic carbocycles. The van der Waals surface area contributed by atoms with Gasteiger partial charge in [0.05, 0.1) is 0 Å². The lowest BCUT2D eigenvalue weighted by Gasteiger charge is -2.08. The Morgan fingerprint density at radius 1 is 0.882 bits per heavy atom. The molecule has 2 rings (SSSR count). The Bertz CT molecular complexity index is 525. The van der Waals surface area contributed by atoms with E-state index in [9.17, 15) is 13.8 Å². The number of halogens is 2. The maximum absolute atomic E-state index is 13.0. The van der Waals surface area contributed by atoms with E-state index < -0.39 is 18.6 Å². The van der Waals surface area contributed by atoms with Crippen LogP contribution in [0.25, 0.3) is 0 Å². The smallest absolute Gasteiger partial charge is 0.359 e. The molecule has 0 aliphatic heterocycles. The lowest BCUT2D eigenvalue weighted by molar-refractivity contribution is 0.509. The average Bonchev–Trinajstić information content (AvgIpc) is 2.33. The molecule has 0 atom stereocenters. The SMILES string of the molecule is Cc1ccc(B(O)c2ccc(F)c(F)c2)cc1. The summed E-state index contributed by atoms with van der Waals surface area (Å²) in [4.78, 5) is 0. The number of benzene rings is 2. The fourth-order valence-corrected chi connectivity index (χ4v) is 1.62. The van der Waals surface area contributed by atoms with Crippen molar-refractivity contribution < 1.29 is 13.8 Å². The van der Waals surface area contributed by atoms with Crippen molar-refractivity contribution in [1.82, 2.24) is 0 Å². The van der Waals surface area contributed by atoms with Gasteiger partial charge in [0.15, 0.2) is 11.6 Å². The Labute approximate surface area is 98.8 Å². The van der Waals surface area contributed by atoms with E-state index in [1.54, 1.807) is 12.1 Å². The highest BCUT2D eigenvalue weighted by Gasteiger charge is 2.18. The molecule has 0 unspecified atom stereocenters. The van der Waals surface area contributed by atoms with Crippen molar-refractivity contribution in [3.63, 3.8) is 0 Å². The minimum atomic E-state index is -0.950. The van der Waals surface area contributed by atoms with Gasteiger partial charge in [0.1, 0.15) is 0 Å². The van der Waals surface area contributed by atoms with Gasteiger partial charge in [-0.05, 0) is 30.0 Å². The summed E-state index contributed by atoms with van der Waals surface area (Å²) in [6.45, 7) is 0.999. The number of hydrogen-bond acceptors (Lipinski definition) is 1. The van der Waals surface area contributed by atoms with Gasteiger partial charge in [0.25, 0.3) is 0 Å². The molecule has 0 radical (unpaired) electrons. The van der Waals surface area contributed by atoms with Gasteiger partial charge < -0.3 is 5.02 Å². The second kappa shape index (κ2) is 4.68. The van der Waals surface area contributed by atoms with Crippen LogP contribution in [0.2, 0.25) is 0 Å². The van der Waals surface area contributed by atoms with Crippen LogP contribution in [0.3, 0.4) is 0 Å². The van der Waals surface area contributed by atoms with Crippen LogP contribution in [0.15, 0.2) is 42.5 Å². The molecule has 0 spiro atoms. The van der Waals surface area contributed by atoms with Crippen LogP contribution in [0.5, 0.6) is 0 Å². The fraction of sp³-hybridized carbons (Fsp3) is 0.0769. The first-order valence-electron chi connectivity index (χ1n) is 5.27. The number of rotatable bonds is 2. The molecular weight excluding hydrogens is 221 g/mol. The highest BCUT2D eigenvalue weighted by molar-refractivity contribution is 6.78. The van der Waals surface area contributed by atoms with Gasteiger partial charge in [0, 0.05) is 0 Å². The van der Waals surface area contributed by atoms with Gasteiger partial charge in [-0.1, -0.05) is 35.9 Å². The lowest BCUT2D eigenvalue weighted by atomic mass is 9.56. The molecule has 17 heavy (non-hydrogen) atoms. The van der Waals surface area contributed by atoms with E-state index in [-0.39, 0.29) is 0 Å². The predicted molar refractivity (Wildman–Crippen MR) is 64.8 cm³/mol.